The van der Waals surface area contributed by atoms with Gasteiger partial charge in [-0.3, -0.25) is 14.2 Å². The number of carbonyl (C=O) groups excluding carboxylic acids is 1. The molecule has 0 radical (unpaired) electrons. The van der Waals surface area contributed by atoms with Crippen LogP contribution in [0.5, 0.6) is 5.75 Å². The maximum atomic E-state index is 13.5. The normalized spacial score (nSPS) is 12.0. The molecule has 29 heavy (non-hydrogen) atoms. The molecule has 1 N–H and O–H groups in total. The maximum Gasteiger partial charge on any atom is 0.337 e. The van der Waals surface area contributed by atoms with E-state index in [-0.39, 0.29) is 11.3 Å². The molecular weight excluding hydrogens is 394 g/mol. The molecule has 0 saturated carbocycles. The van der Waals surface area contributed by atoms with Gasteiger partial charge in [-0.15, -0.1) is 0 Å². The molecule has 3 rings (SSSR count). The van der Waals surface area contributed by atoms with E-state index in [9.17, 15) is 14.4 Å². The van der Waals surface area contributed by atoms with Crippen LogP contribution in [0.2, 0.25) is 5.02 Å². The molecule has 0 spiro atoms. The Kier molecular flexibility index (Phi) is 6.08. The second-order valence-electron chi connectivity index (χ2n) is 6.59. The van der Waals surface area contributed by atoms with Gasteiger partial charge in [0.25, 0.3) is 5.56 Å². The summed E-state index contributed by atoms with van der Waals surface area (Å²) in [5, 5.41) is 3.43. The first-order valence-electron chi connectivity index (χ1n) is 9.28. The van der Waals surface area contributed by atoms with Crippen LogP contribution in [-0.2, 0) is 4.79 Å². The van der Waals surface area contributed by atoms with Crippen LogP contribution in [0.25, 0.3) is 16.6 Å². The number of nitrogens with zero attached hydrogens (tertiary/aromatic N) is 2. The zero-order valence-electron chi connectivity index (χ0n) is 16.4. The van der Waals surface area contributed by atoms with Gasteiger partial charge in [-0.1, -0.05) is 30.7 Å². The van der Waals surface area contributed by atoms with Crippen molar-refractivity contribution in [1.82, 2.24) is 14.5 Å². The van der Waals surface area contributed by atoms with Gasteiger partial charge in [0.05, 0.1) is 23.7 Å². The lowest BCUT2D eigenvalue weighted by atomic mass is 10.2. The highest BCUT2D eigenvalue weighted by Gasteiger charge is 2.23. The fourth-order valence-electron chi connectivity index (χ4n) is 3.22. The number of benzene rings is 2. The molecule has 0 aliphatic rings. The monoisotopic (exact) mass is 415 g/mol. The van der Waals surface area contributed by atoms with Gasteiger partial charge in [-0.25, -0.2) is 9.36 Å². The third kappa shape index (κ3) is 3.78. The summed E-state index contributed by atoms with van der Waals surface area (Å²) in [6.07, 6.45) is 0.765. The molecule has 1 amide bonds. The minimum Gasteiger partial charge on any atom is -0.495 e. The van der Waals surface area contributed by atoms with E-state index in [0.29, 0.717) is 28.5 Å². The van der Waals surface area contributed by atoms with E-state index >= 15 is 0 Å². The number of aromatic nitrogens is 2. The highest BCUT2D eigenvalue weighted by Crippen LogP contribution is 2.23. The average molecular weight is 416 g/mol. The van der Waals surface area contributed by atoms with E-state index in [2.05, 4.69) is 5.32 Å². The van der Waals surface area contributed by atoms with Crippen molar-refractivity contribution in [1.29, 1.82) is 0 Å². The molecule has 1 atom stereocenters. The van der Waals surface area contributed by atoms with Gasteiger partial charge in [0.1, 0.15) is 11.8 Å². The first-order valence-corrected chi connectivity index (χ1v) is 9.66. The standard InChI is InChI=1S/C21H22ClN3O4/c1-4-11-23-19(26)13(2)24-17-12-14(22)9-10-15(17)20(27)25(21(24)28)16-7-5-6-8-18(16)29-3/h5-10,12-13H,4,11H2,1-3H3,(H,23,26)/t13-/m1/s1. The summed E-state index contributed by atoms with van der Waals surface area (Å²) in [6, 6.07) is 10.5. The highest BCUT2D eigenvalue weighted by molar-refractivity contribution is 6.31. The van der Waals surface area contributed by atoms with Gasteiger partial charge in [0.2, 0.25) is 5.91 Å². The smallest absolute Gasteiger partial charge is 0.337 e. The number of ether oxygens (including phenoxy) is 1. The Labute approximate surface area is 172 Å². The fourth-order valence-corrected chi connectivity index (χ4v) is 3.38. The minimum absolute atomic E-state index is 0.273. The summed E-state index contributed by atoms with van der Waals surface area (Å²) >= 11 is 6.12. The van der Waals surface area contributed by atoms with Crippen LogP contribution in [0.3, 0.4) is 0 Å². The van der Waals surface area contributed by atoms with E-state index in [1.807, 2.05) is 6.92 Å². The minimum atomic E-state index is -0.850. The molecule has 8 heteroatoms. The number of carbonyl (C=O) groups is 1. The first kappa shape index (κ1) is 20.7. The number of fused-ring (bicyclic) bond motifs is 1. The third-order valence-electron chi connectivity index (χ3n) is 4.69. The van der Waals surface area contributed by atoms with Crippen LogP contribution < -0.4 is 21.3 Å². The summed E-state index contributed by atoms with van der Waals surface area (Å²) in [4.78, 5) is 39.3. The largest absolute Gasteiger partial charge is 0.495 e. The summed E-state index contributed by atoms with van der Waals surface area (Å²) < 4.78 is 7.65. The zero-order valence-corrected chi connectivity index (χ0v) is 17.2. The van der Waals surface area contributed by atoms with Crippen molar-refractivity contribution in [3.8, 4) is 11.4 Å². The topological polar surface area (TPSA) is 82.3 Å². The fraction of sp³-hybridized carbons (Fsp3) is 0.286. The summed E-state index contributed by atoms with van der Waals surface area (Å²) in [5.74, 6) is 0.0510. The van der Waals surface area contributed by atoms with E-state index in [0.717, 1.165) is 11.0 Å². The maximum absolute atomic E-state index is 13.5. The van der Waals surface area contributed by atoms with E-state index in [4.69, 9.17) is 16.3 Å². The van der Waals surface area contributed by atoms with Crippen molar-refractivity contribution < 1.29 is 9.53 Å². The first-order chi connectivity index (χ1) is 13.9. The number of rotatable bonds is 6. The van der Waals surface area contributed by atoms with Crippen molar-refractivity contribution >= 4 is 28.4 Å². The third-order valence-corrected chi connectivity index (χ3v) is 4.93. The molecule has 3 aromatic rings. The lowest BCUT2D eigenvalue weighted by Gasteiger charge is -2.20. The summed E-state index contributed by atoms with van der Waals surface area (Å²) in [6.45, 7) is 4.04. The van der Waals surface area contributed by atoms with Crippen LogP contribution in [0.1, 0.15) is 26.3 Å². The quantitative estimate of drug-likeness (QED) is 0.671. The Morgan fingerprint density at radius 3 is 2.62 bits per heavy atom. The molecular formula is C21H22ClN3O4. The number of nitrogens with one attached hydrogen (secondary N) is 1. The van der Waals surface area contributed by atoms with Gasteiger partial charge in [-0.2, -0.15) is 0 Å². The van der Waals surface area contributed by atoms with Crippen molar-refractivity contribution in [3.63, 3.8) is 0 Å². The molecule has 2 aromatic carbocycles. The number of hydrogen-bond acceptors (Lipinski definition) is 4. The lowest BCUT2D eigenvalue weighted by Crippen LogP contribution is -2.43. The Balaban J connectivity index is 2.38. The van der Waals surface area contributed by atoms with Gasteiger partial charge in [-0.05, 0) is 43.7 Å². The molecule has 0 aliphatic carbocycles. The zero-order chi connectivity index (χ0) is 21.1. The number of methoxy groups -OCH3 is 1. The molecule has 0 fully saturated rings. The second-order valence-corrected chi connectivity index (χ2v) is 7.03. The summed E-state index contributed by atoms with van der Waals surface area (Å²) in [5.41, 5.74) is -0.549. The van der Waals surface area contributed by atoms with E-state index < -0.39 is 17.3 Å². The van der Waals surface area contributed by atoms with Crippen LogP contribution in [0.15, 0.2) is 52.1 Å². The van der Waals surface area contributed by atoms with E-state index in [1.165, 1.54) is 17.7 Å². The van der Waals surface area contributed by atoms with Crippen molar-refractivity contribution in [2.24, 2.45) is 0 Å². The SMILES string of the molecule is CCCNC(=O)[C@@H](C)n1c(=O)n(-c2ccccc2OC)c(=O)c2ccc(Cl)cc21. The number of halogens is 1. The summed E-state index contributed by atoms with van der Waals surface area (Å²) in [7, 11) is 1.46. The van der Waals surface area contributed by atoms with E-state index in [1.54, 1.807) is 43.3 Å². The molecule has 0 unspecified atom stereocenters. The Bertz CT molecular complexity index is 1180. The van der Waals surface area contributed by atoms with Crippen LogP contribution in [0.4, 0.5) is 0 Å². The number of hydrogen-bond donors (Lipinski definition) is 1. The molecule has 1 aromatic heterocycles. The van der Waals surface area contributed by atoms with Gasteiger partial charge in [0, 0.05) is 11.6 Å². The van der Waals surface area contributed by atoms with Gasteiger partial charge < -0.3 is 10.1 Å². The Morgan fingerprint density at radius 1 is 1.21 bits per heavy atom. The molecule has 0 bridgehead atoms. The average Bonchev–Trinajstić information content (AvgIpc) is 2.72. The van der Waals surface area contributed by atoms with Crippen molar-refractivity contribution in [2.75, 3.05) is 13.7 Å². The second kappa shape index (κ2) is 8.53. The van der Waals surface area contributed by atoms with Crippen molar-refractivity contribution in [3.05, 3.63) is 68.3 Å². The Morgan fingerprint density at radius 2 is 1.93 bits per heavy atom. The van der Waals surface area contributed by atoms with Crippen LogP contribution >= 0.6 is 11.6 Å². The van der Waals surface area contributed by atoms with Gasteiger partial charge in [0.15, 0.2) is 0 Å². The predicted molar refractivity (Wildman–Crippen MR) is 113 cm³/mol. The molecule has 1 heterocycles. The van der Waals surface area contributed by atoms with Crippen LogP contribution in [0, 0.1) is 0 Å². The lowest BCUT2D eigenvalue weighted by molar-refractivity contribution is -0.123. The molecule has 152 valence electrons. The molecule has 0 aliphatic heterocycles. The predicted octanol–water partition coefficient (Wildman–Crippen LogP) is 2.90. The van der Waals surface area contributed by atoms with Crippen molar-refractivity contribution in [2.45, 2.75) is 26.3 Å². The molecule has 0 saturated heterocycles. The molecule has 7 nitrogen and oxygen atoms in total. The highest BCUT2D eigenvalue weighted by atomic mass is 35.5. The number of amides is 1. The van der Waals surface area contributed by atoms with Crippen LogP contribution in [-0.4, -0.2) is 28.7 Å². The Hall–Kier alpha value is -3.06. The van der Waals surface area contributed by atoms with Gasteiger partial charge >= 0.3 is 5.69 Å². The number of para-hydroxylation sites is 2.